The highest BCUT2D eigenvalue weighted by atomic mass is 16.2. The van der Waals surface area contributed by atoms with Gasteiger partial charge in [0, 0.05) is 31.3 Å². The normalized spacial score (nSPS) is 15.4. The van der Waals surface area contributed by atoms with Crippen molar-refractivity contribution in [2.24, 2.45) is 11.1 Å². The minimum absolute atomic E-state index is 0.144. The van der Waals surface area contributed by atoms with Gasteiger partial charge in [0.05, 0.1) is 5.41 Å². The number of nitrogens with one attached hydrogen (secondary N) is 3. The van der Waals surface area contributed by atoms with Crippen molar-refractivity contribution in [1.82, 2.24) is 31.3 Å². The number of rotatable bonds is 5. The Kier molecular flexibility index (Phi) is 6.46. The molecule has 1 aliphatic rings. The van der Waals surface area contributed by atoms with Gasteiger partial charge in [0.15, 0.2) is 5.82 Å². The van der Waals surface area contributed by atoms with Crippen molar-refractivity contribution >= 4 is 11.8 Å². The van der Waals surface area contributed by atoms with E-state index in [1.807, 2.05) is 36.4 Å². The van der Waals surface area contributed by atoms with Crippen LogP contribution in [-0.2, 0) is 18.3 Å². The van der Waals surface area contributed by atoms with E-state index in [-0.39, 0.29) is 23.3 Å². The maximum absolute atomic E-state index is 12.4. The van der Waals surface area contributed by atoms with Crippen molar-refractivity contribution in [3.63, 3.8) is 0 Å². The number of aryl methyl sites for hydroxylation is 2. The van der Waals surface area contributed by atoms with Gasteiger partial charge in [-0.15, -0.1) is 5.10 Å². The molecule has 0 spiro atoms. The third-order valence-electron chi connectivity index (χ3n) is 7.16. The van der Waals surface area contributed by atoms with Gasteiger partial charge in [0.1, 0.15) is 0 Å². The molecule has 0 radical (unpaired) electrons. The molecule has 1 aliphatic carbocycles. The summed E-state index contributed by atoms with van der Waals surface area (Å²) in [7, 11) is 3.24. The van der Waals surface area contributed by atoms with Crippen LogP contribution in [0.5, 0.6) is 0 Å². The molecule has 1 aromatic heterocycles. The Morgan fingerprint density at radius 3 is 1.91 bits per heavy atom. The Balaban J connectivity index is 2.04. The fraction of sp³-hybridized carbons (Fsp3) is 0.423. The van der Waals surface area contributed by atoms with Gasteiger partial charge in [-0.3, -0.25) is 9.59 Å². The molecule has 5 N–H and O–H groups in total. The Hall–Kier alpha value is -3.59. The molecule has 9 nitrogen and oxygen atoms in total. The van der Waals surface area contributed by atoms with Crippen LogP contribution in [0.15, 0.2) is 36.4 Å². The van der Waals surface area contributed by atoms with Gasteiger partial charge in [-0.1, -0.05) is 32.9 Å². The van der Waals surface area contributed by atoms with Crippen LogP contribution < -0.4 is 16.4 Å². The number of carbonyl (C=O) groups is 2. The summed E-state index contributed by atoms with van der Waals surface area (Å²) < 4.78 is 0. The summed E-state index contributed by atoms with van der Waals surface area (Å²) in [6, 6.07) is 11.4. The summed E-state index contributed by atoms with van der Waals surface area (Å²) in [6.07, 6.45) is 1.92. The Bertz CT molecular complexity index is 1180. The minimum atomic E-state index is -0.792. The molecule has 35 heavy (non-hydrogen) atoms. The predicted octanol–water partition coefficient (Wildman–Crippen LogP) is 2.12. The molecule has 1 atom stereocenters. The molecule has 2 aromatic carbocycles. The second-order valence-corrected chi connectivity index (χ2v) is 10.2. The Morgan fingerprint density at radius 1 is 1.00 bits per heavy atom. The van der Waals surface area contributed by atoms with E-state index in [1.165, 1.54) is 0 Å². The smallest absolute Gasteiger partial charge is 0.251 e. The van der Waals surface area contributed by atoms with Crippen molar-refractivity contribution in [3.05, 3.63) is 75.6 Å². The summed E-state index contributed by atoms with van der Waals surface area (Å²) in [5.74, 6) is 0.298. The lowest BCUT2D eigenvalue weighted by Gasteiger charge is -2.40. The number of nitrogens with two attached hydrogens (primary N) is 1. The van der Waals surface area contributed by atoms with E-state index in [4.69, 9.17) is 5.73 Å². The number of tetrazole rings is 1. The minimum Gasteiger partial charge on any atom is -0.355 e. The number of benzene rings is 2. The third kappa shape index (κ3) is 4.32. The number of aromatic amines is 1. The Labute approximate surface area is 205 Å². The largest absolute Gasteiger partial charge is 0.355 e. The van der Waals surface area contributed by atoms with Gasteiger partial charge in [-0.05, 0) is 81.6 Å². The lowest BCUT2D eigenvalue weighted by molar-refractivity contribution is 0.0955. The monoisotopic (exact) mass is 475 g/mol. The van der Waals surface area contributed by atoms with E-state index in [0.717, 1.165) is 22.3 Å². The van der Waals surface area contributed by atoms with Gasteiger partial charge in [-0.25, -0.2) is 5.10 Å². The van der Waals surface area contributed by atoms with Crippen LogP contribution in [-0.4, -0.2) is 52.6 Å². The maximum atomic E-state index is 12.4. The molecule has 0 aliphatic heterocycles. The number of amides is 2. The molecule has 2 amide bonds. The van der Waals surface area contributed by atoms with Crippen LogP contribution >= 0.6 is 0 Å². The van der Waals surface area contributed by atoms with E-state index in [2.05, 4.69) is 52.0 Å². The molecule has 9 heteroatoms. The second kappa shape index (κ2) is 9.22. The number of aromatic nitrogens is 4. The van der Waals surface area contributed by atoms with E-state index in [9.17, 15) is 9.59 Å². The molecule has 0 saturated heterocycles. The SMILES string of the molecule is CNC(=O)c1ccc2c(c1)CCc1cc(C(=O)NC)ccc1C2(C[C@@H](N)C(C)(C)C)c1nnn[nH]1. The summed E-state index contributed by atoms with van der Waals surface area (Å²) in [5.41, 5.74) is 11.1. The van der Waals surface area contributed by atoms with Gasteiger partial charge >= 0.3 is 0 Å². The average molecular weight is 476 g/mol. The van der Waals surface area contributed by atoms with Gasteiger partial charge in [-0.2, -0.15) is 0 Å². The Morgan fingerprint density at radius 2 is 1.51 bits per heavy atom. The van der Waals surface area contributed by atoms with Crippen molar-refractivity contribution in [1.29, 1.82) is 0 Å². The first-order chi connectivity index (χ1) is 16.6. The highest BCUT2D eigenvalue weighted by Crippen LogP contribution is 2.48. The van der Waals surface area contributed by atoms with Crippen LogP contribution in [0.1, 0.15) is 76.0 Å². The van der Waals surface area contributed by atoms with Crippen LogP contribution in [0.4, 0.5) is 0 Å². The van der Waals surface area contributed by atoms with Crippen LogP contribution in [0.3, 0.4) is 0 Å². The quantitative estimate of drug-likeness (QED) is 0.446. The van der Waals surface area contributed by atoms with E-state index in [1.54, 1.807) is 14.1 Å². The number of hydrogen-bond acceptors (Lipinski definition) is 6. The van der Waals surface area contributed by atoms with Gasteiger partial charge in [0.25, 0.3) is 11.8 Å². The summed E-state index contributed by atoms with van der Waals surface area (Å²) in [6.45, 7) is 6.35. The fourth-order valence-corrected chi connectivity index (χ4v) is 4.97. The topological polar surface area (TPSA) is 139 Å². The number of H-pyrrole nitrogens is 1. The molecule has 0 bridgehead atoms. The first kappa shape index (κ1) is 24.5. The van der Waals surface area contributed by atoms with Crippen molar-refractivity contribution in [2.45, 2.75) is 51.5 Å². The molecule has 4 rings (SSSR count). The molecular formula is C26H33N7O2. The zero-order chi connectivity index (χ0) is 25.4. The lowest BCUT2D eigenvalue weighted by atomic mass is 9.65. The second-order valence-electron chi connectivity index (χ2n) is 10.2. The molecule has 0 unspecified atom stereocenters. The molecule has 0 fully saturated rings. The average Bonchev–Trinajstić information content (AvgIpc) is 3.35. The summed E-state index contributed by atoms with van der Waals surface area (Å²) in [5, 5.41) is 20.7. The lowest BCUT2D eigenvalue weighted by Crippen LogP contribution is -2.44. The zero-order valence-electron chi connectivity index (χ0n) is 20.9. The molecule has 3 aromatic rings. The first-order valence-electron chi connectivity index (χ1n) is 11.8. The molecule has 1 heterocycles. The standard InChI is InChI=1S/C26H33N7O2/c1-25(2,3)21(27)14-26(24-30-32-33-31-24)19-10-8-17(22(34)28-4)12-15(19)6-7-16-13-18(23(35)29-5)9-11-20(16)26/h8-13,21H,6-7,14,27H2,1-5H3,(H,28,34)(H,29,35)(H,30,31,32,33)/t21-/m1/s1. The number of fused-ring (bicyclic) bond motifs is 2. The zero-order valence-corrected chi connectivity index (χ0v) is 20.9. The summed E-state index contributed by atoms with van der Waals surface area (Å²) >= 11 is 0. The van der Waals surface area contributed by atoms with Crippen LogP contribution in [0, 0.1) is 5.41 Å². The van der Waals surface area contributed by atoms with E-state index < -0.39 is 5.41 Å². The highest BCUT2D eigenvalue weighted by molar-refractivity contribution is 5.95. The van der Waals surface area contributed by atoms with Crippen molar-refractivity contribution in [3.8, 4) is 0 Å². The summed E-state index contributed by atoms with van der Waals surface area (Å²) in [4.78, 5) is 24.9. The molecule has 184 valence electrons. The predicted molar refractivity (Wildman–Crippen MR) is 133 cm³/mol. The first-order valence-corrected chi connectivity index (χ1v) is 11.8. The van der Waals surface area contributed by atoms with E-state index in [0.29, 0.717) is 36.2 Å². The molecule has 0 saturated carbocycles. The fourth-order valence-electron chi connectivity index (χ4n) is 4.97. The van der Waals surface area contributed by atoms with Crippen LogP contribution in [0.25, 0.3) is 0 Å². The molecular weight excluding hydrogens is 442 g/mol. The third-order valence-corrected chi connectivity index (χ3v) is 7.16. The highest BCUT2D eigenvalue weighted by Gasteiger charge is 2.46. The van der Waals surface area contributed by atoms with E-state index >= 15 is 0 Å². The van der Waals surface area contributed by atoms with Gasteiger partial charge in [0.2, 0.25) is 0 Å². The number of nitrogens with zero attached hydrogens (tertiary/aromatic N) is 3. The van der Waals surface area contributed by atoms with Gasteiger partial charge < -0.3 is 16.4 Å². The van der Waals surface area contributed by atoms with Crippen molar-refractivity contribution < 1.29 is 9.59 Å². The number of hydrogen-bond donors (Lipinski definition) is 4. The maximum Gasteiger partial charge on any atom is 0.251 e. The number of carbonyl (C=O) groups excluding carboxylic acids is 2. The van der Waals surface area contributed by atoms with Crippen molar-refractivity contribution in [2.75, 3.05) is 14.1 Å². The van der Waals surface area contributed by atoms with Crippen LogP contribution in [0.2, 0.25) is 0 Å².